The number of nitro benzene ring substituents is 1. The summed E-state index contributed by atoms with van der Waals surface area (Å²) in [6.45, 7) is 2.45. The lowest BCUT2D eigenvalue weighted by Gasteiger charge is -2.28. The van der Waals surface area contributed by atoms with Crippen molar-refractivity contribution in [2.75, 3.05) is 18.0 Å². The number of oxime groups is 1. The van der Waals surface area contributed by atoms with Crippen LogP contribution < -0.4 is 4.90 Å². The smallest absolute Gasteiger partial charge is 0.269 e. The number of nitro groups is 1. The quantitative estimate of drug-likeness (QED) is 0.451. The first-order valence-corrected chi connectivity index (χ1v) is 8.46. The molecule has 1 saturated heterocycles. The van der Waals surface area contributed by atoms with Crippen LogP contribution in [0.1, 0.15) is 30.4 Å². The van der Waals surface area contributed by atoms with Crippen molar-refractivity contribution in [1.82, 2.24) is 0 Å². The van der Waals surface area contributed by atoms with Gasteiger partial charge in [-0.25, -0.2) is 0 Å². The summed E-state index contributed by atoms with van der Waals surface area (Å²) in [4.78, 5) is 18.0. The number of anilines is 1. The normalized spacial score (nSPS) is 14.6. The SMILES string of the molecule is O=[N+]([O-])c1cccc(CO/N=C\c2ccc(N3CCCCC3)cc2)c1. The minimum absolute atomic E-state index is 0.0541. The fourth-order valence-electron chi connectivity index (χ4n) is 2.89. The van der Waals surface area contributed by atoms with Crippen LogP contribution in [0.2, 0.25) is 0 Å². The predicted octanol–water partition coefficient (Wildman–Crippen LogP) is 4.14. The van der Waals surface area contributed by atoms with Crippen LogP contribution in [0.4, 0.5) is 11.4 Å². The maximum absolute atomic E-state index is 10.7. The number of piperidine rings is 1. The van der Waals surface area contributed by atoms with Crippen molar-refractivity contribution in [1.29, 1.82) is 0 Å². The van der Waals surface area contributed by atoms with E-state index in [1.165, 1.54) is 37.1 Å². The van der Waals surface area contributed by atoms with Crippen LogP contribution in [0.3, 0.4) is 0 Å². The largest absolute Gasteiger partial charge is 0.391 e. The predicted molar refractivity (Wildman–Crippen MR) is 98.0 cm³/mol. The van der Waals surface area contributed by atoms with Crippen LogP contribution in [0, 0.1) is 10.1 Å². The maximum Gasteiger partial charge on any atom is 0.269 e. The van der Waals surface area contributed by atoms with Gasteiger partial charge in [-0.2, -0.15) is 0 Å². The van der Waals surface area contributed by atoms with Crippen molar-refractivity contribution in [2.45, 2.75) is 25.9 Å². The summed E-state index contributed by atoms with van der Waals surface area (Å²) in [5.74, 6) is 0. The van der Waals surface area contributed by atoms with Gasteiger partial charge in [-0.05, 0) is 42.5 Å². The van der Waals surface area contributed by atoms with Crippen molar-refractivity contribution in [2.24, 2.45) is 5.16 Å². The Bertz CT molecular complexity index is 738. The fraction of sp³-hybridized carbons (Fsp3) is 0.316. The van der Waals surface area contributed by atoms with E-state index < -0.39 is 4.92 Å². The van der Waals surface area contributed by atoms with Crippen molar-refractivity contribution >= 4 is 17.6 Å². The van der Waals surface area contributed by atoms with Gasteiger partial charge < -0.3 is 9.74 Å². The molecule has 0 bridgehead atoms. The molecule has 1 heterocycles. The van der Waals surface area contributed by atoms with Crippen molar-refractivity contribution in [3.05, 3.63) is 69.8 Å². The molecule has 0 saturated carbocycles. The highest BCUT2D eigenvalue weighted by Crippen LogP contribution is 2.20. The molecule has 1 fully saturated rings. The second kappa shape index (κ2) is 8.28. The van der Waals surface area contributed by atoms with Gasteiger partial charge in [0.15, 0.2) is 0 Å². The van der Waals surface area contributed by atoms with Gasteiger partial charge in [0.2, 0.25) is 0 Å². The first-order valence-electron chi connectivity index (χ1n) is 8.46. The highest BCUT2D eigenvalue weighted by atomic mass is 16.6. The zero-order chi connectivity index (χ0) is 17.5. The van der Waals surface area contributed by atoms with E-state index in [2.05, 4.69) is 22.2 Å². The molecule has 0 atom stereocenters. The molecule has 1 aliphatic heterocycles. The second-order valence-corrected chi connectivity index (χ2v) is 6.07. The summed E-state index contributed by atoms with van der Waals surface area (Å²) in [5.41, 5.74) is 2.97. The highest BCUT2D eigenvalue weighted by molar-refractivity contribution is 5.79. The maximum atomic E-state index is 10.7. The third kappa shape index (κ3) is 4.79. The molecule has 25 heavy (non-hydrogen) atoms. The highest BCUT2D eigenvalue weighted by Gasteiger charge is 2.10. The van der Waals surface area contributed by atoms with Crippen LogP contribution in [0.15, 0.2) is 53.7 Å². The van der Waals surface area contributed by atoms with Crippen LogP contribution in [0.5, 0.6) is 0 Å². The molecular weight excluding hydrogens is 318 g/mol. The molecule has 0 aromatic heterocycles. The van der Waals surface area contributed by atoms with Crippen molar-refractivity contribution in [3.63, 3.8) is 0 Å². The van der Waals surface area contributed by atoms with Crippen LogP contribution in [-0.2, 0) is 11.4 Å². The molecule has 0 spiro atoms. The van der Waals surface area contributed by atoms with E-state index in [1.807, 2.05) is 12.1 Å². The summed E-state index contributed by atoms with van der Waals surface area (Å²) >= 11 is 0. The summed E-state index contributed by atoms with van der Waals surface area (Å²) in [5, 5.41) is 14.7. The lowest BCUT2D eigenvalue weighted by molar-refractivity contribution is -0.384. The van der Waals surface area contributed by atoms with Gasteiger partial charge in [0.25, 0.3) is 5.69 Å². The minimum atomic E-state index is -0.420. The molecule has 0 aliphatic carbocycles. The zero-order valence-electron chi connectivity index (χ0n) is 14.0. The Balaban J connectivity index is 1.52. The van der Waals surface area contributed by atoms with E-state index in [0.29, 0.717) is 5.56 Å². The molecule has 1 aliphatic rings. The van der Waals surface area contributed by atoms with Gasteiger partial charge in [0.05, 0.1) is 11.1 Å². The topological polar surface area (TPSA) is 68.0 Å². The van der Waals surface area contributed by atoms with Crippen molar-refractivity contribution in [3.8, 4) is 0 Å². The molecule has 0 N–H and O–H groups in total. The molecule has 0 amide bonds. The van der Waals surface area contributed by atoms with E-state index in [1.54, 1.807) is 18.3 Å². The Labute approximate surface area is 146 Å². The third-order valence-electron chi connectivity index (χ3n) is 4.24. The Hall–Kier alpha value is -2.89. The fourth-order valence-corrected chi connectivity index (χ4v) is 2.89. The molecule has 0 unspecified atom stereocenters. The number of non-ortho nitro benzene ring substituents is 1. The number of hydrogen-bond donors (Lipinski definition) is 0. The van der Waals surface area contributed by atoms with E-state index in [4.69, 9.17) is 4.84 Å². The van der Waals surface area contributed by atoms with Gasteiger partial charge in [0.1, 0.15) is 6.61 Å². The van der Waals surface area contributed by atoms with Crippen LogP contribution >= 0.6 is 0 Å². The first-order chi connectivity index (χ1) is 12.2. The summed E-state index contributed by atoms with van der Waals surface area (Å²) in [6, 6.07) is 14.6. The van der Waals surface area contributed by atoms with Gasteiger partial charge in [-0.1, -0.05) is 29.4 Å². The Morgan fingerprint density at radius 1 is 1.12 bits per heavy atom. The van der Waals surface area contributed by atoms with E-state index in [0.717, 1.165) is 18.7 Å². The van der Waals surface area contributed by atoms with Crippen molar-refractivity contribution < 1.29 is 9.76 Å². The summed E-state index contributed by atoms with van der Waals surface area (Å²) < 4.78 is 0. The summed E-state index contributed by atoms with van der Waals surface area (Å²) in [7, 11) is 0. The second-order valence-electron chi connectivity index (χ2n) is 6.07. The Morgan fingerprint density at radius 3 is 2.60 bits per heavy atom. The molecule has 130 valence electrons. The molecule has 2 aromatic carbocycles. The Morgan fingerprint density at radius 2 is 1.88 bits per heavy atom. The van der Waals surface area contributed by atoms with Gasteiger partial charge in [0, 0.05) is 30.9 Å². The number of benzene rings is 2. The van der Waals surface area contributed by atoms with Gasteiger partial charge >= 0.3 is 0 Å². The van der Waals surface area contributed by atoms with Gasteiger partial charge in [-0.15, -0.1) is 0 Å². The lowest BCUT2D eigenvalue weighted by atomic mass is 10.1. The van der Waals surface area contributed by atoms with E-state index in [9.17, 15) is 10.1 Å². The van der Waals surface area contributed by atoms with E-state index in [-0.39, 0.29) is 12.3 Å². The average molecular weight is 339 g/mol. The minimum Gasteiger partial charge on any atom is -0.391 e. The number of rotatable bonds is 6. The molecule has 6 heteroatoms. The first kappa shape index (κ1) is 17.0. The molecule has 6 nitrogen and oxygen atoms in total. The molecular formula is C19H21N3O3. The van der Waals surface area contributed by atoms with Crippen LogP contribution in [0.25, 0.3) is 0 Å². The monoisotopic (exact) mass is 339 g/mol. The molecule has 2 aromatic rings. The molecule has 0 radical (unpaired) electrons. The zero-order valence-corrected chi connectivity index (χ0v) is 14.0. The van der Waals surface area contributed by atoms with Gasteiger partial charge in [-0.3, -0.25) is 10.1 Å². The molecule has 3 rings (SSSR count). The Kier molecular flexibility index (Phi) is 5.61. The summed E-state index contributed by atoms with van der Waals surface area (Å²) in [6.07, 6.45) is 5.49. The number of hydrogen-bond acceptors (Lipinski definition) is 5. The standard InChI is InChI=1S/C19H21N3O3/c23-22(24)19-6-4-5-17(13-19)15-25-20-14-16-7-9-18(10-8-16)21-11-2-1-3-12-21/h4-10,13-14H,1-3,11-12,15H2/b20-14-. The van der Waals surface area contributed by atoms with E-state index >= 15 is 0 Å². The average Bonchev–Trinajstić information content (AvgIpc) is 2.67. The van der Waals surface area contributed by atoms with Crippen LogP contribution in [-0.4, -0.2) is 24.2 Å². The number of nitrogens with zero attached hydrogens (tertiary/aromatic N) is 3. The third-order valence-corrected chi connectivity index (χ3v) is 4.24. The lowest BCUT2D eigenvalue weighted by Crippen LogP contribution is -2.29.